The minimum atomic E-state index is -0.833. The Morgan fingerprint density at radius 2 is 2.00 bits per heavy atom. The van der Waals surface area contributed by atoms with Crippen LogP contribution in [0.25, 0.3) is 0 Å². The van der Waals surface area contributed by atoms with E-state index in [-0.39, 0.29) is 12.2 Å². The van der Waals surface area contributed by atoms with Crippen molar-refractivity contribution in [2.24, 2.45) is 0 Å². The molecule has 112 valence electrons. The molecule has 0 spiro atoms. The third-order valence-electron chi connectivity index (χ3n) is 3.66. The number of carbonyl (C=O) groups is 1. The molecule has 19 heavy (non-hydrogen) atoms. The lowest BCUT2D eigenvalue weighted by Crippen LogP contribution is -2.53. The molecule has 3 unspecified atom stereocenters. The van der Waals surface area contributed by atoms with Crippen molar-refractivity contribution in [2.45, 2.75) is 58.3 Å². The average molecular weight is 272 g/mol. The van der Waals surface area contributed by atoms with Gasteiger partial charge in [0.1, 0.15) is 5.54 Å². The Balaban J connectivity index is 2.49. The summed E-state index contributed by atoms with van der Waals surface area (Å²) in [6, 6.07) is 0. The Bertz CT molecular complexity index is 288. The molecule has 5 nitrogen and oxygen atoms in total. The molecule has 0 radical (unpaired) electrons. The van der Waals surface area contributed by atoms with E-state index in [0.29, 0.717) is 6.42 Å². The van der Waals surface area contributed by atoms with Gasteiger partial charge in [0.05, 0.1) is 12.2 Å². The quantitative estimate of drug-likeness (QED) is 0.732. The summed E-state index contributed by atoms with van der Waals surface area (Å²) < 4.78 is 5.69. The zero-order chi connectivity index (χ0) is 14.5. The molecule has 0 amide bonds. The van der Waals surface area contributed by atoms with Gasteiger partial charge < -0.3 is 15.2 Å². The second-order valence-corrected chi connectivity index (χ2v) is 5.83. The van der Waals surface area contributed by atoms with E-state index >= 15 is 0 Å². The van der Waals surface area contributed by atoms with Gasteiger partial charge in [-0.2, -0.15) is 0 Å². The van der Waals surface area contributed by atoms with Gasteiger partial charge in [-0.15, -0.1) is 0 Å². The van der Waals surface area contributed by atoms with Crippen molar-refractivity contribution in [1.29, 1.82) is 0 Å². The number of hydrogen-bond donors (Lipinski definition) is 2. The fourth-order valence-electron chi connectivity index (χ4n) is 2.52. The monoisotopic (exact) mass is 272 g/mol. The lowest BCUT2D eigenvalue weighted by atomic mass is 9.97. The number of morpholine rings is 1. The Labute approximate surface area is 116 Å². The van der Waals surface area contributed by atoms with Crippen LogP contribution >= 0.6 is 0 Å². The smallest absolute Gasteiger partial charge is 0.323 e. The molecule has 0 aromatic carbocycles. The SMILES string of the molecule is CCCNC(C)(CCN1CC(C)OC(C)C1)C(=O)O. The van der Waals surface area contributed by atoms with Crippen molar-refractivity contribution in [2.75, 3.05) is 26.2 Å². The minimum absolute atomic E-state index is 0.225. The Morgan fingerprint density at radius 3 is 2.47 bits per heavy atom. The Morgan fingerprint density at radius 1 is 1.42 bits per heavy atom. The molecule has 1 fully saturated rings. The van der Waals surface area contributed by atoms with Crippen molar-refractivity contribution >= 4 is 5.97 Å². The van der Waals surface area contributed by atoms with Crippen LogP contribution in [-0.4, -0.2) is 59.9 Å². The predicted molar refractivity (Wildman–Crippen MR) is 75.4 cm³/mol. The molecule has 0 aromatic heterocycles. The first-order valence-electron chi connectivity index (χ1n) is 7.23. The number of nitrogens with zero attached hydrogens (tertiary/aromatic N) is 1. The summed E-state index contributed by atoms with van der Waals surface area (Å²) in [4.78, 5) is 13.7. The number of rotatable bonds is 7. The first-order valence-corrected chi connectivity index (χ1v) is 7.23. The standard InChI is InChI=1S/C14H28N2O3/c1-5-7-15-14(4,13(17)18)6-8-16-9-11(2)19-12(3)10-16/h11-12,15H,5-10H2,1-4H3,(H,17,18). The summed E-state index contributed by atoms with van der Waals surface area (Å²) >= 11 is 0. The Hall–Kier alpha value is -0.650. The maximum atomic E-state index is 11.4. The zero-order valence-corrected chi connectivity index (χ0v) is 12.6. The fraction of sp³-hybridized carbons (Fsp3) is 0.929. The molecule has 0 saturated carbocycles. The van der Waals surface area contributed by atoms with Crippen LogP contribution in [0, 0.1) is 0 Å². The summed E-state index contributed by atoms with van der Waals surface area (Å²) in [6.07, 6.45) is 2.00. The minimum Gasteiger partial charge on any atom is -0.480 e. The van der Waals surface area contributed by atoms with Crippen molar-refractivity contribution in [1.82, 2.24) is 10.2 Å². The molecule has 1 heterocycles. The molecule has 3 atom stereocenters. The van der Waals surface area contributed by atoms with Gasteiger partial charge in [0.15, 0.2) is 0 Å². The summed E-state index contributed by atoms with van der Waals surface area (Å²) in [6.45, 7) is 11.2. The first-order chi connectivity index (χ1) is 8.87. The van der Waals surface area contributed by atoms with Gasteiger partial charge in [-0.25, -0.2) is 0 Å². The highest BCUT2D eigenvalue weighted by atomic mass is 16.5. The van der Waals surface area contributed by atoms with Crippen LogP contribution in [0.5, 0.6) is 0 Å². The van der Waals surface area contributed by atoms with Gasteiger partial charge in [-0.1, -0.05) is 6.92 Å². The van der Waals surface area contributed by atoms with Gasteiger partial charge in [-0.05, 0) is 40.2 Å². The fourth-order valence-corrected chi connectivity index (χ4v) is 2.52. The number of carboxylic acids is 1. The third-order valence-corrected chi connectivity index (χ3v) is 3.66. The van der Waals surface area contributed by atoms with E-state index in [1.54, 1.807) is 6.92 Å². The van der Waals surface area contributed by atoms with Crippen LogP contribution in [0.2, 0.25) is 0 Å². The molecule has 5 heteroatoms. The highest BCUT2D eigenvalue weighted by Gasteiger charge is 2.33. The molecule has 1 aliphatic heterocycles. The lowest BCUT2D eigenvalue weighted by Gasteiger charge is -2.37. The molecule has 0 aromatic rings. The highest BCUT2D eigenvalue weighted by molar-refractivity contribution is 5.78. The number of nitrogens with one attached hydrogen (secondary N) is 1. The molecular weight excluding hydrogens is 244 g/mol. The molecule has 0 bridgehead atoms. The number of carboxylic acid groups (broad SMARTS) is 1. The summed E-state index contributed by atoms with van der Waals surface area (Å²) in [5.41, 5.74) is -0.833. The van der Waals surface area contributed by atoms with Crippen molar-refractivity contribution in [3.8, 4) is 0 Å². The molecule has 1 aliphatic rings. The maximum absolute atomic E-state index is 11.4. The molecule has 2 N–H and O–H groups in total. The van der Waals surface area contributed by atoms with Crippen LogP contribution in [0.3, 0.4) is 0 Å². The van der Waals surface area contributed by atoms with E-state index in [0.717, 1.165) is 32.6 Å². The largest absolute Gasteiger partial charge is 0.480 e. The third kappa shape index (κ3) is 5.09. The van der Waals surface area contributed by atoms with Gasteiger partial charge >= 0.3 is 5.97 Å². The van der Waals surface area contributed by atoms with Gasteiger partial charge in [-0.3, -0.25) is 9.69 Å². The van der Waals surface area contributed by atoms with Crippen LogP contribution < -0.4 is 5.32 Å². The van der Waals surface area contributed by atoms with Gasteiger partial charge in [0.25, 0.3) is 0 Å². The first kappa shape index (κ1) is 16.4. The predicted octanol–water partition coefficient (Wildman–Crippen LogP) is 1.33. The van der Waals surface area contributed by atoms with Crippen molar-refractivity contribution in [3.05, 3.63) is 0 Å². The number of aliphatic carboxylic acids is 1. The zero-order valence-electron chi connectivity index (χ0n) is 12.6. The maximum Gasteiger partial charge on any atom is 0.323 e. The summed E-state index contributed by atoms with van der Waals surface area (Å²) in [5, 5.41) is 12.5. The number of hydrogen-bond acceptors (Lipinski definition) is 4. The van der Waals surface area contributed by atoms with Gasteiger partial charge in [0, 0.05) is 19.6 Å². The highest BCUT2D eigenvalue weighted by Crippen LogP contribution is 2.15. The lowest BCUT2D eigenvalue weighted by molar-refractivity contribution is -0.144. The van der Waals surface area contributed by atoms with E-state index in [2.05, 4.69) is 24.1 Å². The van der Waals surface area contributed by atoms with E-state index in [4.69, 9.17) is 4.74 Å². The normalized spacial score (nSPS) is 28.0. The van der Waals surface area contributed by atoms with E-state index in [9.17, 15) is 9.90 Å². The van der Waals surface area contributed by atoms with Gasteiger partial charge in [0.2, 0.25) is 0 Å². The average Bonchev–Trinajstić information content (AvgIpc) is 2.32. The molecule has 1 saturated heterocycles. The van der Waals surface area contributed by atoms with Crippen LogP contribution in [0.1, 0.15) is 40.5 Å². The van der Waals surface area contributed by atoms with E-state index in [1.165, 1.54) is 0 Å². The summed E-state index contributed by atoms with van der Waals surface area (Å²) in [7, 11) is 0. The van der Waals surface area contributed by atoms with Crippen LogP contribution in [0.4, 0.5) is 0 Å². The topological polar surface area (TPSA) is 61.8 Å². The molecule has 1 rings (SSSR count). The molecule has 0 aliphatic carbocycles. The second-order valence-electron chi connectivity index (χ2n) is 5.83. The van der Waals surface area contributed by atoms with E-state index in [1.807, 2.05) is 6.92 Å². The van der Waals surface area contributed by atoms with Crippen LogP contribution in [-0.2, 0) is 9.53 Å². The van der Waals surface area contributed by atoms with Crippen molar-refractivity contribution < 1.29 is 14.6 Å². The van der Waals surface area contributed by atoms with Crippen LogP contribution in [0.15, 0.2) is 0 Å². The molecular formula is C14H28N2O3. The second kappa shape index (κ2) is 7.22. The number of ether oxygens (including phenoxy) is 1. The summed E-state index contributed by atoms with van der Waals surface area (Å²) in [5.74, 6) is -0.768. The Kier molecular flexibility index (Phi) is 6.23. The van der Waals surface area contributed by atoms with Crippen molar-refractivity contribution in [3.63, 3.8) is 0 Å². The van der Waals surface area contributed by atoms with E-state index < -0.39 is 11.5 Å².